The third-order valence-corrected chi connectivity index (χ3v) is 2.51. The molecule has 0 bridgehead atoms. The smallest absolute Gasteiger partial charge is 0.256 e. The highest BCUT2D eigenvalue weighted by atomic mass is 35.5. The maximum Gasteiger partial charge on any atom is 0.256 e. The Bertz CT molecular complexity index is 629. The van der Waals surface area contributed by atoms with Gasteiger partial charge in [-0.2, -0.15) is 0 Å². The number of carbonyl (C=O) groups is 1. The zero-order chi connectivity index (χ0) is 14.0. The maximum absolute atomic E-state index is 11.8. The lowest BCUT2D eigenvalue weighted by Crippen LogP contribution is -2.13. The van der Waals surface area contributed by atoms with Gasteiger partial charge in [-0.25, -0.2) is 9.97 Å². The van der Waals surface area contributed by atoms with Crippen molar-refractivity contribution in [1.82, 2.24) is 9.97 Å². The van der Waals surface area contributed by atoms with Crippen LogP contribution in [0.3, 0.4) is 0 Å². The van der Waals surface area contributed by atoms with Crippen molar-refractivity contribution in [3.8, 4) is 11.5 Å². The molecular weight excluding hydrogens is 293 g/mol. The van der Waals surface area contributed by atoms with Crippen LogP contribution in [0.1, 0.15) is 10.4 Å². The predicted molar refractivity (Wildman–Crippen MR) is 69.8 cm³/mol. The fraction of sp³-hybridized carbons (Fsp3) is 0. The van der Waals surface area contributed by atoms with E-state index in [9.17, 15) is 9.90 Å². The maximum atomic E-state index is 11.8. The van der Waals surface area contributed by atoms with E-state index in [0.29, 0.717) is 0 Å². The molecule has 0 aliphatic heterocycles. The minimum Gasteiger partial charge on any atom is -0.504 e. The molecule has 0 spiro atoms. The van der Waals surface area contributed by atoms with E-state index in [4.69, 9.17) is 28.3 Å². The molecule has 1 aromatic heterocycles. The molecule has 1 heterocycles. The lowest BCUT2D eigenvalue weighted by atomic mass is 10.2. The first-order valence-corrected chi connectivity index (χ1v) is 5.75. The van der Waals surface area contributed by atoms with Gasteiger partial charge in [0.2, 0.25) is 5.28 Å². The summed E-state index contributed by atoms with van der Waals surface area (Å²) in [6.45, 7) is 0. The third-order valence-electron chi connectivity index (χ3n) is 2.15. The molecule has 6 nitrogen and oxygen atoms in total. The van der Waals surface area contributed by atoms with Crippen LogP contribution in [0.5, 0.6) is 11.5 Å². The van der Waals surface area contributed by atoms with Crippen LogP contribution in [0.2, 0.25) is 10.4 Å². The van der Waals surface area contributed by atoms with Crippen molar-refractivity contribution >= 4 is 34.9 Å². The molecule has 0 saturated carbocycles. The highest BCUT2D eigenvalue weighted by Gasteiger charge is 2.11. The van der Waals surface area contributed by atoms with Crippen LogP contribution >= 0.6 is 23.2 Å². The minimum absolute atomic E-state index is 0.0869. The Hall–Kier alpha value is -2.05. The Morgan fingerprint density at radius 1 is 1.11 bits per heavy atom. The van der Waals surface area contributed by atoms with E-state index < -0.39 is 11.7 Å². The van der Waals surface area contributed by atoms with Gasteiger partial charge in [0.1, 0.15) is 11.0 Å². The number of phenols is 2. The van der Waals surface area contributed by atoms with Crippen LogP contribution in [0.4, 0.5) is 5.82 Å². The van der Waals surface area contributed by atoms with Crippen molar-refractivity contribution in [2.75, 3.05) is 5.32 Å². The Labute approximate surface area is 117 Å². The van der Waals surface area contributed by atoms with Gasteiger partial charge in [-0.3, -0.25) is 4.79 Å². The molecule has 0 aliphatic rings. The van der Waals surface area contributed by atoms with E-state index in [0.717, 1.165) is 6.07 Å². The first-order chi connectivity index (χ1) is 8.95. The molecule has 2 aromatic rings. The number of aromatic nitrogens is 2. The number of anilines is 1. The van der Waals surface area contributed by atoms with Crippen molar-refractivity contribution in [1.29, 1.82) is 0 Å². The van der Waals surface area contributed by atoms with Gasteiger partial charge in [-0.05, 0) is 29.8 Å². The normalized spacial score (nSPS) is 10.2. The number of hydrogen-bond acceptors (Lipinski definition) is 5. The fourth-order valence-electron chi connectivity index (χ4n) is 1.31. The molecule has 0 fully saturated rings. The van der Waals surface area contributed by atoms with Gasteiger partial charge in [0, 0.05) is 11.6 Å². The van der Waals surface area contributed by atoms with Crippen molar-refractivity contribution in [3.05, 3.63) is 40.3 Å². The number of hydrogen-bond donors (Lipinski definition) is 3. The average Bonchev–Trinajstić information content (AvgIpc) is 2.31. The zero-order valence-corrected chi connectivity index (χ0v) is 10.8. The number of aromatic hydroxyl groups is 2. The van der Waals surface area contributed by atoms with E-state index in [1.54, 1.807) is 0 Å². The predicted octanol–water partition coefficient (Wildman–Crippen LogP) is 2.45. The van der Waals surface area contributed by atoms with Gasteiger partial charge in [-0.15, -0.1) is 0 Å². The number of amides is 1. The molecule has 3 N–H and O–H groups in total. The second-order valence-electron chi connectivity index (χ2n) is 3.50. The summed E-state index contributed by atoms with van der Waals surface area (Å²) in [7, 11) is 0. The number of rotatable bonds is 2. The van der Waals surface area contributed by atoms with Crippen molar-refractivity contribution in [2.24, 2.45) is 0 Å². The van der Waals surface area contributed by atoms with Gasteiger partial charge >= 0.3 is 0 Å². The molecular formula is C11H7Cl2N3O3. The minimum atomic E-state index is -0.541. The molecule has 0 aliphatic carbocycles. The first-order valence-electron chi connectivity index (χ1n) is 4.99. The number of phenolic OH excluding ortho intramolecular Hbond substituents is 2. The van der Waals surface area contributed by atoms with Crippen molar-refractivity contribution in [3.63, 3.8) is 0 Å². The quantitative estimate of drug-likeness (QED) is 0.450. The summed E-state index contributed by atoms with van der Waals surface area (Å²) >= 11 is 11.3. The van der Waals surface area contributed by atoms with Gasteiger partial charge in [0.05, 0.1) is 0 Å². The van der Waals surface area contributed by atoms with Gasteiger partial charge < -0.3 is 15.5 Å². The van der Waals surface area contributed by atoms with Crippen LogP contribution in [-0.2, 0) is 0 Å². The zero-order valence-electron chi connectivity index (χ0n) is 9.26. The second kappa shape index (κ2) is 5.29. The summed E-state index contributed by atoms with van der Waals surface area (Å²) < 4.78 is 0. The van der Waals surface area contributed by atoms with E-state index in [-0.39, 0.29) is 27.6 Å². The highest BCUT2D eigenvalue weighted by molar-refractivity contribution is 6.32. The Morgan fingerprint density at radius 3 is 2.47 bits per heavy atom. The molecule has 2 rings (SSSR count). The van der Waals surface area contributed by atoms with E-state index in [1.165, 1.54) is 18.2 Å². The molecule has 0 atom stereocenters. The molecule has 1 amide bonds. The van der Waals surface area contributed by atoms with Crippen LogP contribution in [0.15, 0.2) is 24.3 Å². The molecule has 8 heteroatoms. The van der Waals surface area contributed by atoms with Crippen molar-refractivity contribution < 1.29 is 15.0 Å². The lowest BCUT2D eigenvalue weighted by Gasteiger charge is -2.06. The summed E-state index contributed by atoms with van der Waals surface area (Å²) in [5, 5.41) is 20.9. The van der Waals surface area contributed by atoms with Crippen molar-refractivity contribution in [2.45, 2.75) is 0 Å². The molecule has 0 radical (unpaired) electrons. The number of carbonyl (C=O) groups excluding carboxylic acids is 1. The Balaban J connectivity index is 2.22. The average molecular weight is 300 g/mol. The van der Waals surface area contributed by atoms with Gasteiger partial charge in [-0.1, -0.05) is 11.6 Å². The number of nitrogens with one attached hydrogen (secondary N) is 1. The Morgan fingerprint density at radius 2 is 1.84 bits per heavy atom. The fourth-order valence-corrected chi connectivity index (χ4v) is 1.72. The van der Waals surface area contributed by atoms with E-state index >= 15 is 0 Å². The highest BCUT2D eigenvalue weighted by Crippen LogP contribution is 2.25. The second-order valence-corrected chi connectivity index (χ2v) is 4.23. The van der Waals surface area contributed by atoms with Gasteiger partial charge in [0.15, 0.2) is 11.5 Å². The third kappa shape index (κ3) is 3.24. The van der Waals surface area contributed by atoms with Crippen LogP contribution in [0.25, 0.3) is 0 Å². The molecule has 19 heavy (non-hydrogen) atoms. The topological polar surface area (TPSA) is 95.3 Å². The van der Waals surface area contributed by atoms with Crippen LogP contribution in [0, 0.1) is 0 Å². The monoisotopic (exact) mass is 299 g/mol. The number of nitrogens with zero attached hydrogens (tertiary/aromatic N) is 2. The molecule has 0 unspecified atom stereocenters. The number of halogens is 2. The largest absolute Gasteiger partial charge is 0.504 e. The first kappa shape index (κ1) is 13.4. The summed E-state index contributed by atoms with van der Waals surface area (Å²) in [5.74, 6) is -1.13. The molecule has 98 valence electrons. The molecule has 1 aromatic carbocycles. The van der Waals surface area contributed by atoms with E-state index in [2.05, 4.69) is 15.3 Å². The number of benzene rings is 1. The summed E-state index contributed by atoms with van der Waals surface area (Å²) in [4.78, 5) is 19.3. The van der Waals surface area contributed by atoms with Crippen LogP contribution in [-0.4, -0.2) is 26.1 Å². The molecule has 0 saturated heterocycles. The summed E-state index contributed by atoms with van der Waals surface area (Å²) in [6, 6.07) is 4.99. The standard InChI is InChI=1S/C11H7Cl2N3O3/c12-8-4-9(16-11(13)14-8)15-10(19)5-1-2-6(17)7(18)3-5/h1-4,17-18H,(H,14,15,16,19). The Kier molecular flexibility index (Phi) is 3.73. The van der Waals surface area contributed by atoms with Gasteiger partial charge in [0.25, 0.3) is 5.91 Å². The summed E-state index contributed by atoms with van der Waals surface area (Å²) in [5.41, 5.74) is 0.140. The SMILES string of the molecule is O=C(Nc1cc(Cl)nc(Cl)n1)c1ccc(O)c(O)c1. The lowest BCUT2D eigenvalue weighted by molar-refractivity contribution is 0.102. The summed E-state index contributed by atoms with van der Waals surface area (Å²) in [6.07, 6.45) is 0. The van der Waals surface area contributed by atoms with E-state index in [1.807, 2.05) is 0 Å². The van der Waals surface area contributed by atoms with Crippen LogP contribution < -0.4 is 5.32 Å².